The number of thiophene rings is 2. The van der Waals surface area contributed by atoms with E-state index in [2.05, 4.69) is 29.8 Å². The molecule has 0 radical (unpaired) electrons. The smallest absolute Gasteiger partial charge is 0.0686 e. The molecule has 2 atom stereocenters. The topological polar surface area (TPSA) is 21.3 Å². The predicted molar refractivity (Wildman–Crippen MR) is 91.4 cm³/mol. The van der Waals surface area contributed by atoms with Crippen LogP contribution in [0, 0.1) is 5.92 Å². The molecular weight excluding hydrogens is 298 g/mol. The van der Waals surface area contributed by atoms with Gasteiger partial charge in [0, 0.05) is 26.9 Å². The summed E-state index contributed by atoms with van der Waals surface area (Å²) in [5.74, 6) is 0.728. The maximum atomic E-state index is 6.12. The molecule has 2 nitrogen and oxygen atoms in total. The van der Waals surface area contributed by atoms with Crippen molar-refractivity contribution in [3.63, 3.8) is 0 Å². The summed E-state index contributed by atoms with van der Waals surface area (Å²) < 4.78 is 9.01. The second-order valence-electron chi connectivity index (χ2n) is 6.47. The van der Waals surface area contributed by atoms with Crippen molar-refractivity contribution in [2.24, 2.45) is 5.92 Å². The van der Waals surface area contributed by atoms with E-state index in [0.717, 1.165) is 19.1 Å². The van der Waals surface area contributed by atoms with E-state index < -0.39 is 0 Å². The minimum Gasteiger partial charge on any atom is -0.375 e. The molecule has 0 aromatic carbocycles. The van der Waals surface area contributed by atoms with E-state index >= 15 is 0 Å². The van der Waals surface area contributed by atoms with Crippen LogP contribution in [0.2, 0.25) is 0 Å². The van der Waals surface area contributed by atoms with Gasteiger partial charge in [0.05, 0.1) is 5.60 Å². The second kappa shape index (κ2) is 5.65. The quantitative estimate of drug-likeness (QED) is 0.859. The van der Waals surface area contributed by atoms with Gasteiger partial charge in [-0.3, -0.25) is 0 Å². The van der Waals surface area contributed by atoms with Crippen LogP contribution in [0.1, 0.15) is 49.9 Å². The van der Waals surface area contributed by atoms with Gasteiger partial charge < -0.3 is 10.1 Å². The van der Waals surface area contributed by atoms with Gasteiger partial charge in [-0.1, -0.05) is 6.92 Å². The lowest BCUT2D eigenvalue weighted by molar-refractivity contribution is -0.147. The molecular formula is C17H23NOS2. The average Bonchev–Trinajstić information content (AvgIpc) is 3.04. The Morgan fingerprint density at radius 3 is 3.05 bits per heavy atom. The summed E-state index contributed by atoms with van der Waals surface area (Å²) in [7, 11) is 0. The molecule has 2 unspecified atom stereocenters. The van der Waals surface area contributed by atoms with Gasteiger partial charge in [0.15, 0.2) is 0 Å². The Kier molecular flexibility index (Phi) is 3.82. The van der Waals surface area contributed by atoms with Crippen LogP contribution in [0.3, 0.4) is 0 Å². The highest BCUT2D eigenvalue weighted by atomic mass is 32.1. The molecule has 2 aromatic rings. The molecule has 2 fully saturated rings. The monoisotopic (exact) mass is 321 g/mol. The van der Waals surface area contributed by atoms with Gasteiger partial charge in [-0.2, -0.15) is 0 Å². The Morgan fingerprint density at radius 1 is 1.43 bits per heavy atom. The number of hydrogen-bond donors (Lipinski definition) is 1. The van der Waals surface area contributed by atoms with E-state index in [-0.39, 0.29) is 5.60 Å². The third-order valence-corrected chi connectivity index (χ3v) is 7.33. The van der Waals surface area contributed by atoms with Gasteiger partial charge in [-0.25, -0.2) is 0 Å². The summed E-state index contributed by atoms with van der Waals surface area (Å²) in [6, 6.07) is 5.19. The summed E-state index contributed by atoms with van der Waals surface area (Å²) in [5, 5.41) is 5.96. The van der Waals surface area contributed by atoms with E-state index in [1.54, 1.807) is 0 Å². The van der Waals surface area contributed by atoms with Gasteiger partial charge in [-0.05, 0) is 62.1 Å². The molecule has 0 amide bonds. The molecule has 1 spiro atoms. The maximum absolute atomic E-state index is 6.12. The first kappa shape index (κ1) is 14.2. The number of nitrogens with one attached hydrogen (secondary N) is 1. The highest BCUT2D eigenvalue weighted by Crippen LogP contribution is 2.48. The van der Waals surface area contributed by atoms with Gasteiger partial charge in [0.25, 0.3) is 0 Å². The zero-order valence-corrected chi connectivity index (χ0v) is 14.2. The van der Waals surface area contributed by atoms with Crippen molar-refractivity contribution in [3.8, 4) is 0 Å². The maximum Gasteiger partial charge on any atom is 0.0686 e. The predicted octanol–water partition coefficient (Wildman–Crippen LogP) is 4.96. The minimum atomic E-state index is 0.241. The first-order chi connectivity index (χ1) is 10.3. The van der Waals surface area contributed by atoms with Crippen molar-refractivity contribution in [1.82, 2.24) is 5.32 Å². The van der Waals surface area contributed by atoms with Crippen molar-refractivity contribution in [2.45, 2.75) is 50.7 Å². The number of fused-ring (bicyclic) bond motifs is 1. The fraction of sp³-hybridized carbons (Fsp3) is 0.647. The van der Waals surface area contributed by atoms with Crippen molar-refractivity contribution < 1.29 is 4.74 Å². The first-order valence-electron chi connectivity index (χ1n) is 8.14. The van der Waals surface area contributed by atoms with Crippen LogP contribution in [0.15, 0.2) is 17.5 Å². The van der Waals surface area contributed by atoms with Gasteiger partial charge in [-0.15, -0.1) is 22.7 Å². The number of ether oxygens (including phenoxy) is 1. The van der Waals surface area contributed by atoms with Gasteiger partial charge >= 0.3 is 0 Å². The molecule has 1 N–H and O–H groups in total. The number of hydrogen-bond acceptors (Lipinski definition) is 4. The molecule has 2 aromatic heterocycles. The van der Waals surface area contributed by atoms with Crippen LogP contribution in [-0.2, 0) is 4.74 Å². The summed E-state index contributed by atoms with van der Waals surface area (Å²) in [5.41, 5.74) is 0.241. The molecule has 1 saturated heterocycles. The Morgan fingerprint density at radius 2 is 2.33 bits per heavy atom. The molecule has 3 heterocycles. The largest absolute Gasteiger partial charge is 0.375 e. The summed E-state index contributed by atoms with van der Waals surface area (Å²) >= 11 is 3.84. The molecule has 21 heavy (non-hydrogen) atoms. The lowest BCUT2D eigenvalue weighted by Crippen LogP contribution is -2.47. The zero-order chi connectivity index (χ0) is 14.3. The fourth-order valence-corrected chi connectivity index (χ4v) is 6.22. The molecule has 114 valence electrons. The second-order valence-corrected chi connectivity index (χ2v) is 8.53. The van der Waals surface area contributed by atoms with Crippen LogP contribution in [0.5, 0.6) is 0 Å². The van der Waals surface area contributed by atoms with E-state index in [0.29, 0.717) is 6.04 Å². The Hall–Kier alpha value is -0.420. The normalized spacial score (nSPS) is 26.0. The third-order valence-electron chi connectivity index (χ3n) is 5.16. The molecule has 1 aliphatic heterocycles. The Bertz CT molecular complexity index is 585. The van der Waals surface area contributed by atoms with E-state index in [9.17, 15) is 0 Å². The minimum absolute atomic E-state index is 0.241. The van der Waals surface area contributed by atoms with Crippen LogP contribution in [-0.4, -0.2) is 18.8 Å². The van der Waals surface area contributed by atoms with Crippen LogP contribution in [0.4, 0.5) is 0 Å². The van der Waals surface area contributed by atoms with Crippen molar-refractivity contribution in [1.29, 1.82) is 0 Å². The van der Waals surface area contributed by atoms with E-state index in [4.69, 9.17) is 4.74 Å². The zero-order valence-electron chi connectivity index (χ0n) is 12.6. The average molecular weight is 322 g/mol. The van der Waals surface area contributed by atoms with E-state index in [1.165, 1.54) is 46.4 Å². The summed E-state index contributed by atoms with van der Waals surface area (Å²) in [6.45, 7) is 4.22. The molecule has 4 heteroatoms. The van der Waals surface area contributed by atoms with Gasteiger partial charge in [0.1, 0.15) is 0 Å². The van der Waals surface area contributed by atoms with Crippen molar-refractivity contribution in [2.75, 3.05) is 13.2 Å². The molecule has 4 rings (SSSR count). The SMILES string of the molecule is CCNC(c1cc2sccc2s1)C1CCOC2(CCC2)C1. The molecule has 1 saturated carbocycles. The lowest BCUT2D eigenvalue weighted by atomic mass is 9.70. The molecule has 0 bridgehead atoms. The van der Waals surface area contributed by atoms with Crippen molar-refractivity contribution >= 4 is 32.1 Å². The summed E-state index contributed by atoms with van der Waals surface area (Å²) in [4.78, 5) is 1.53. The fourth-order valence-electron chi connectivity index (χ4n) is 3.93. The lowest BCUT2D eigenvalue weighted by Gasteiger charge is -2.48. The molecule has 1 aliphatic carbocycles. The van der Waals surface area contributed by atoms with E-state index in [1.807, 2.05) is 22.7 Å². The Balaban J connectivity index is 1.59. The number of rotatable bonds is 4. The molecule has 2 aliphatic rings. The Labute approximate surface area is 134 Å². The van der Waals surface area contributed by atoms with Crippen molar-refractivity contribution in [3.05, 3.63) is 22.4 Å². The highest BCUT2D eigenvalue weighted by Gasteiger charge is 2.44. The first-order valence-corrected chi connectivity index (χ1v) is 9.83. The standard InChI is InChI=1S/C17H23NOS2/c1-2-18-16(15-10-14-13(21-15)5-9-20-14)12-4-8-19-17(11-12)6-3-7-17/h5,9-10,12,16,18H,2-4,6-8,11H2,1H3. The summed E-state index contributed by atoms with van der Waals surface area (Å²) in [6.07, 6.45) is 6.36. The van der Waals surface area contributed by atoms with Crippen LogP contribution >= 0.6 is 22.7 Å². The van der Waals surface area contributed by atoms with Gasteiger partial charge in [0.2, 0.25) is 0 Å². The third kappa shape index (κ3) is 2.56. The van der Waals surface area contributed by atoms with Crippen LogP contribution in [0.25, 0.3) is 9.40 Å². The van der Waals surface area contributed by atoms with Crippen LogP contribution < -0.4 is 5.32 Å². The highest BCUT2D eigenvalue weighted by molar-refractivity contribution is 7.26.